The highest BCUT2D eigenvalue weighted by atomic mass is 16.5. The van der Waals surface area contributed by atoms with Crippen molar-refractivity contribution < 1.29 is 9.47 Å². The summed E-state index contributed by atoms with van der Waals surface area (Å²) >= 11 is 0. The van der Waals surface area contributed by atoms with Crippen LogP contribution in [0, 0.1) is 0 Å². The van der Waals surface area contributed by atoms with Gasteiger partial charge in [0.2, 0.25) is 0 Å². The van der Waals surface area contributed by atoms with Crippen molar-refractivity contribution in [3.63, 3.8) is 0 Å². The maximum atomic E-state index is 6.33. The maximum Gasteiger partial charge on any atom is 0.166 e. The Kier molecular flexibility index (Phi) is 6.25. The fourth-order valence-corrected chi connectivity index (χ4v) is 3.66. The number of hydrogen-bond donors (Lipinski definition) is 1. The van der Waals surface area contributed by atoms with Gasteiger partial charge >= 0.3 is 0 Å². The molecule has 144 valence electrons. The van der Waals surface area contributed by atoms with Crippen molar-refractivity contribution in [2.75, 3.05) is 6.54 Å². The second-order valence-electron chi connectivity index (χ2n) is 7.23. The molecular formula is C25H27NO2. The van der Waals surface area contributed by atoms with Crippen molar-refractivity contribution in [2.24, 2.45) is 0 Å². The normalized spacial score (nSPS) is 16.5. The van der Waals surface area contributed by atoms with Crippen LogP contribution in [-0.4, -0.2) is 6.54 Å². The topological polar surface area (TPSA) is 30.5 Å². The van der Waals surface area contributed by atoms with E-state index in [4.69, 9.17) is 9.47 Å². The van der Waals surface area contributed by atoms with Gasteiger partial charge in [0, 0.05) is 11.6 Å². The van der Waals surface area contributed by atoms with E-state index in [1.165, 1.54) is 18.4 Å². The van der Waals surface area contributed by atoms with Crippen molar-refractivity contribution in [3.05, 3.63) is 95.6 Å². The Morgan fingerprint density at radius 1 is 0.714 bits per heavy atom. The SMILES string of the molecule is c1ccc(COc2cccc(C3CCCCN3)c2OCc2ccccc2)cc1. The molecule has 3 nitrogen and oxygen atoms in total. The lowest BCUT2D eigenvalue weighted by atomic mass is 9.96. The molecule has 1 fully saturated rings. The van der Waals surface area contributed by atoms with Crippen molar-refractivity contribution in [1.29, 1.82) is 0 Å². The highest BCUT2D eigenvalue weighted by Gasteiger charge is 2.21. The molecule has 4 rings (SSSR count). The Morgan fingerprint density at radius 2 is 1.39 bits per heavy atom. The van der Waals surface area contributed by atoms with Crippen LogP contribution in [0.1, 0.15) is 42.0 Å². The standard InChI is InChI=1S/C25H27NO2/c1-3-10-20(11-4-1)18-27-24-16-9-14-22(23-15-7-8-17-26-23)25(24)28-19-21-12-5-2-6-13-21/h1-6,9-14,16,23,26H,7-8,15,17-19H2. The van der Waals surface area contributed by atoms with Crippen LogP contribution in [0.2, 0.25) is 0 Å². The summed E-state index contributed by atoms with van der Waals surface area (Å²) in [5, 5.41) is 3.64. The Labute approximate surface area is 167 Å². The van der Waals surface area contributed by atoms with Gasteiger partial charge in [-0.1, -0.05) is 79.2 Å². The molecule has 0 radical (unpaired) electrons. The number of nitrogens with one attached hydrogen (secondary N) is 1. The quantitative estimate of drug-likeness (QED) is 0.580. The second-order valence-corrected chi connectivity index (χ2v) is 7.23. The number of hydrogen-bond acceptors (Lipinski definition) is 3. The predicted molar refractivity (Wildman–Crippen MR) is 113 cm³/mol. The maximum absolute atomic E-state index is 6.33. The van der Waals surface area contributed by atoms with E-state index in [2.05, 4.69) is 41.7 Å². The minimum Gasteiger partial charge on any atom is -0.485 e. The first-order valence-corrected chi connectivity index (χ1v) is 10.1. The first-order chi connectivity index (χ1) is 13.9. The highest BCUT2D eigenvalue weighted by molar-refractivity contribution is 5.48. The summed E-state index contributed by atoms with van der Waals surface area (Å²) in [5.74, 6) is 1.67. The van der Waals surface area contributed by atoms with Gasteiger partial charge in [-0.05, 0) is 36.6 Å². The predicted octanol–water partition coefficient (Wildman–Crippen LogP) is 5.66. The Morgan fingerprint density at radius 3 is 2.04 bits per heavy atom. The first-order valence-electron chi connectivity index (χ1n) is 10.1. The van der Waals surface area contributed by atoms with E-state index in [9.17, 15) is 0 Å². The minimum absolute atomic E-state index is 0.319. The molecular weight excluding hydrogens is 346 g/mol. The van der Waals surface area contributed by atoms with Crippen LogP contribution in [0.15, 0.2) is 78.9 Å². The molecule has 0 saturated carbocycles. The van der Waals surface area contributed by atoms with Crippen LogP contribution in [0.5, 0.6) is 11.5 Å². The van der Waals surface area contributed by atoms with Gasteiger partial charge in [0.15, 0.2) is 11.5 Å². The molecule has 1 aliphatic heterocycles. The molecule has 1 N–H and O–H groups in total. The van der Waals surface area contributed by atoms with Crippen molar-refractivity contribution >= 4 is 0 Å². The van der Waals surface area contributed by atoms with Gasteiger partial charge in [0.25, 0.3) is 0 Å². The van der Waals surface area contributed by atoms with Gasteiger partial charge in [0.1, 0.15) is 13.2 Å². The molecule has 3 aromatic rings. The van der Waals surface area contributed by atoms with E-state index in [1.807, 2.05) is 42.5 Å². The molecule has 1 heterocycles. The smallest absolute Gasteiger partial charge is 0.166 e. The number of rotatable bonds is 7. The molecule has 0 amide bonds. The average Bonchev–Trinajstić information content (AvgIpc) is 2.78. The zero-order valence-electron chi connectivity index (χ0n) is 16.1. The van der Waals surface area contributed by atoms with Crippen LogP contribution in [-0.2, 0) is 13.2 Å². The second kappa shape index (κ2) is 9.43. The van der Waals surface area contributed by atoms with Crippen LogP contribution >= 0.6 is 0 Å². The molecule has 0 bridgehead atoms. The summed E-state index contributed by atoms with van der Waals surface area (Å²) in [4.78, 5) is 0. The molecule has 0 spiro atoms. The van der Waals surface area contributed by atoms with E-state index in [-0.39, 0.29) is 0 Å². The van der Waals surface area contributed by atoms with E-state index >= 15 is 0 Å². The first kappa shape index (κ1) is 18.6. The summed E-state index contributed by atoms with van der Waals surface area (Å²) in [7, 11) is 0. The van der Waals surface area contributed by atoms with Crippen LogP contribution in [0.25, 0.3) is 0 Å². The number of piperidine rings is 1. The molecule has 1 unspecified atom stereocenters. The number of benzene rings is 3. The molecule has 28 heavy (non-hydrogen) atoms. The largest absolute Gasteiger partial charge is 0.485 e. The van der Waals surface area contributed by atoms with Crippen LogP contribution in [0.3, 0.4) is 0 Å². The Bertz CT molecular complexity index is 858. The molecule has 1 atom stereocenters. The Hall–Kier alpha value is -2.78. The van der Waals surface area contributed by atoms with Gasteiger partial charge in [-0.2, -0.15) is 0 Å². The van der Waals surface area contributed by atoms with Crippen molar-refractivity contribution in [1.82, 2.24) is 5.32 Å². The zero-order chi connectivity index (χ0) is 19.0. The number of para-hydroxylation sites is 1. The van der Waals surface area contributed by atoms with Gasteiger partial charge in [-0.15, -0.1) is 0 Å². The highest BCUT2D eigenvalue weighted by Crippen LogP contribution is 2.38. The lowest BCUT2D eigenvalue weighted by molar-refractivity contribution is 0.249. The van der Waals surface area contributed by atoms with Crippen molar-refractivity contribution in [2.45, 2.75) is 38.5 Å². The lowest BCUT2D eigenvalue weighted by Gasteiger charge is -2.27. The van der Waals surface area contributed by atoms with E-state index < -0.39 is 0 Å². The van der Waals surface area contributed by atoms with E-state index in [1.54, 1.807) is 0 Å². The van der Waals surface area contributed by atoms with Crippen molar-refractivity contribution in [3.8, 4) is 11.5 Å². The summed E-state index contributed by atoms with van der Waals surface area (Å²) in [6.07, 6.45) is 3.61. The number of ether oxygens (including phenoxy) is 2. The monoisotopic (exact) mass is 373 g/mol. The third kappa shape index (κ3) is 4.73. The summed E-state index contributed by atoms with van der Waals surface area (Å²) in [5.41, 5.74) is 3.50. The lowest BCUT2D eigenvalue weighted by Crippen LogP contribution is -2.27. The van der Waals surface area contributed by atoms with Crippen LogP contribution in [0.4, 0.5) is 0 Å². The fraction of sp³-hybridized carbons (Fsp3) is 0.280. The molecule has 0 aliphatic carbocycles. The van der Waals surface area contributed by atoms with Gasteiger partial charge in [-0.25, -0.2) is 0 Å². The van der Waals surface area contributed by atoms with E-state index in [0.29, 0.717) is 19.3 Å². The van der Waals surface area contributed by atoms with Gasteiger partial charge in [-0.3, -0.25) is 0 Å². The third-order valence-corrected chi connectivity index (χ3v) is 5.16. The van der Waals surface area contributed by atoms with E-state index in [0.717, 1.165) is 35.6 Å². The third-order valence-electron chi connectivity index (χ3n) is 5.16. The minimum atomic E-state index is 0.319. The summed E-state index contributed by atoms with van der Waals surface area (Å²) in [6.45, 7) is 2.12. The molecule has 3 heteroatoms. The zero-order valence-corrected chi connectivity index (χ0v) is 16.1. The molecule has 1 saturated heterocycles. The summed E-state index contributed by atoms with van der Waals surface area (Å²) in [6, 6.07) is 27.1. The molecule has 0 aromatic heterocycles. The van der Waals surface area contributed by atoms with Crippen LogP contribution < -0.4 is 14.8 Å². The Balaban J connectivity index is 1.58. The summed E-state index contributed by atoms with van der Waals surface area (Å²) < 4.78 is 12.5. The molecule has 1 aliphatic rings. The van der Waals surface area contributed by atoms with Gasteiger partial charge in [0.05, 0.1) is 0 Å². The average molecular weight is 373 g/mol. The fourth-order valence-electron chi connectivity index (χ4n) is 3.66. The molecule has 3 aromatic carbocycles. The van der Waals surface area contributed by atoms with Gasteiger partial charge < -0.3 is 14.8 Å².